The summed E-state index contributed by atoms with van der Waals surface area (Å²) in [7, 11) is 0. The highest BCUT2D eigenvalue weighted by atomic mass is 32.1. The van der Waals surface area contributed by atoms with Crippen molar-refractivity contribution in [3.8, 4) is 0 Å². The van der Waals surface area contributed by atoms with E-state index in [2.05, 4.69) is 9.88 Å². The number of hydrogen-bond acceptors (Lipinski definition) is 6. The van der Waals surface area contributed by atoms with Gasteiger partial charge in [0.05, 0.1) is 25.5 Å². The van der Waals surface area contributed by atoms with Crippen LogP contribution >= 0.6 is 11.3 Å². The summed E-state index contributed by atoms with van der Waals surface area (Å²) in [6, 6.07) is 3.48. The molecule has 2 fully saturated rings. The van der Waals surface area contributed by atoms with Crippen molar-refractivity contribution in [2.75, 3.05) is 32.8 Å². The van der Waals surface area contributed by atoms with E-state index >= 15 is 0 Å². The molecule has 1 amide bonds. The second-order valence-electron chi connectivity index (χ2n) is 6.35. The number of nitrogens with zero attached hydrogens (tertiary/aromatic N) is 3. The van der Waals surface area contributed by atoms with Crippen molar-refractivity contribution in [1.29, 1.82) is 0 Å². The van der Waals surface area contributed by atoms with Crippen molar-refractivity contribution in [3.05, 3.63) is 40.7 Å². The third-order valence-corrected chi connectivity index (χ3v) is 5.55. The Morgan fingerprint density at radius 1 is 1.38 bits per heavy atom. The lowest BCUT2D eigenvalue weighted by Gasteiger charge is -2.37. The van der Waals surface area contributed by atoms with Crippen LogP contribution < -0.4 is 0 Å². The zero-order valence-electron chi connectivity index (χ0n) is 13.5. The number of carbonyl (C=O) groups excluding carboxylic acids is 1. The minimum Gasteiger partial charge on any atom is -0.459 e. The van der Waals surface area contributed by atoms with Crippen LogP contribution in [0.3, 0.4) is 0 Å². The molecule has 0 N–H and O–H groups in total. The lowest BCUT2D eigenvalue weighted by Crippen LogP contribution is -2.47. The topological polar surface area (TPSA) is 58.8 Å². The normalized spacial score (nSPS) is 25.2. The second-order valence-corrected chi connectivity index (χ2v) is 7.33. The summed E-state index contributed by atoms with van der Waals surface area (Å²) in [4.78, 5) is 21.2. The highest BCUT2D eigenvalue weighted by Gasteiger charge is 2.35. The van der Waals surface area contributed by atoms with Crippen LogP contribution in [0.1, 0.15) is 22.0 Å². The summed E-state index contributed by atoms with van der Waals surface area (Å²) in [5, 5.41) is 3.17. The van der Waals surface area contributed by atoms with Crippen LogP contribution in [0.4, 0.5) is 0 Å². The number of aromatic nitrogens is 1. The van der Waals surface area contributed by atoms with Gasteiger partial charge in [-0.1, -0.05) is 0 Å². The molecule has 0 aliphatic carbocycles. The number of carbonyl (C=O) groups is 1. The standard InChI is InChI=1S/C17H21N3O3S/c21-17(14-2-1-7-22-14)20-6-8-23-15-11-19(5-3-13(15)10-20)12-16-18-4-9-24-16/h1-2,4,7,9,13,15H,3,5-6,8,10-12H2/t13-,15-/m1/s1. The predicted molar refractivity (Wildman–Crippen MR) is 89.8 cm³/mol. The number of ether oxygens (including phenoxy) is 1. The van der Waals surface area contributed by atoms with Crippen molar-refractivity contribution < 1.29 is 13.9 Å². The van der Waals surface area contributed by atoms with Gasteiger partial charge in [-0.05, 0) is 25.1 Å². The van der Waals surface area contributed by atoms with Crippen molar-refractivity contribution >= 4 is 17.2 Å². The molecule has 4 rings (SSSR count). The van der Waals surface area contributed by atoms with Crippen molar-refractivity contribution in [2.24, 2.45) is 5.92 Å². The lowest BCUT2D eigenvalue weighted by molar-refractivity contribution is -0.0241. The van der Waals surface area contributed by atoms with Gasteiger partial charge in [0.1, 0.15) is 5.01 Å². The molecule has 2 saturated heterocycles. The lowest BCUT2D eigenvalue weighted by atomic mass is 9.93. The minimum atomic E-state index is -0.0329. The third kappa shape index (κ3) is 3.38. The number of thiazole rings is 1. The molecule has 2 aromatic heterocycles. The Hall–Kier alpha value is -1.70. The molecular formula is C17H21N3O3S. The number of furan rings is 1. The Balaban J connectivity index is 1.38. The first-order valence-electron chi connectivity index (χ1n) is 8.35. The predicted octanol–water partition coefficient (Wildman–Crippen LogP) is 2.10. The SMILES string of the molecule is O=C(c1ccco1)N1CCO[C@@H]2CN(Cc3nccs3)CC[C@@H]2C1. The molecule has 0 aromatic carbocycles. The number of fused-ring (bicyclic) bond motifs is 1. The van der Waals surface area contributed by atoms with E-state index in [1.165, 1.54) is 0 Å². The van der Waals surface area contributed by atoms with Crippen LogP contribution in [0.5, 0.6) is 0 Å². The second kappa shape index (κ2) is 7.04. The number of rotatable bonds is 3. The molecule has 2 aliphatic heterocycles. The van der Waals surface area contributed by atoms with Crippen molar-refractivity contribution in [3.63, 3.8) is 0 Å². The van der Waals surface area contributed by atoms with E-state index in [4.69, 9.17) is 9.15 Å². The number of amides is 1. The van der Waals surface area contributed by atoms with Crippen LogP contribution in [0, 0.1) is 5.92 Å². The number of hydrogen-bond donors (Lipinski definition) is 0. The highest BCUT2D eigenvalue weighted by molar-refractivity contribution is 7.09. The monoisotopic (exact) mass is 347 g/mol. The molecular weight excluding hydrogens is 326 g/mol. The summed E-state index contributed by atoms with van der Waals surface area (Å²) in [6.07, 6.45) is 4.63. The maximum atomic E-state index is 12.5. The summed E-state index contributed by atoms with van der Waals surface area (Å²) >= 11 is 1.70. The summed E-state index contributed by atoms with van der Waals surface area (Å²) in [5.41, 5.74) is 0. The maximum absolute atomic E-state index is 12.5. The summed E-state index contributed by atoms with van der Waals surface area (Å²) < 4.78 is 11.3. The van der Waals surface area contributed by atoms with Crippen LogP contribution in [0.2, 0.25) is 0 Å². The van der Waals surface area contributed by atoms with E-state index in [-0.39, 0.29) is 12.0 Å². The first-order chi connectivity index (χ1) is 11.8. The van der Waals surface area contributed by atoms with Gasteiger partial charge in [0.2, 0.25) is 0 Å². The zero-order chi connectivity index (χ0) is 16.4. The van der Waals surface area contributed by atoms with E-state index < -0.39 is 0 Å². The van der Waals surface area contributed by atoms with Gasteiger partial charge in [-0.25, -0.2) is 4.98 Å². The Morgan fingerprint density at radius 3 is 3.12 bits per heavy atom. The van der Waals surface area contributed by atoms with Gasteiger partial charge in [-0.15, -0.1) is 11.3 Å². The maximum Gasteiger partial charge on any atom is 0.289 e. The zero-order valence-corrected chi connectivity index (χ0v) is 14.3. The van der Waals surface area contributed by atoms with E-state index in [1.54, 1.807) is 29.7 Å². The number of piperidine rings is 1. The molecule has 0 radical (unpaired) electrons. The van der Waals surface area contributed by atoms with Gasteiger partial charge in [0, 0.05) is 37.1 Å². The van der Waals surface area contributed by atoms with Gasteiger partial charge in [0.15, 0.2) is 5.76 Å². The molecule has 128 valence electrons. The van der Waals surface area contributed by atoms with Crippen molar-refractivity contribution in [1.82, 2.24) is 14.8 Å². The van der Waals surface area contributed by atoms with E-state index in [1.807, 2.05) is 16.5 Å². The van der Waals surface area contributed by atoms with Gasteiger partial charge in [-0.3, -0.25) is 9.69 Å². The Morgan fingerprint density at radius 2 is 2.33 bits per heavy atom. The minimum absolute atomic E-state index is 0.0329. The van der Waals surface area contributed by atoms with Crippen LogP contribution in [-0.4, -0.2) is 59.6 Å². The Labute approximate surface area is 145 Å². The molecule has 0 unspecified atom stereocenters. The first kappa shape index (κ1) is 15.8. The van der Waals surface area contributed by atoms with E-state index in [9.17, 15) is 4.79 Å². The Bertz CT molecular complexity index is 659. The molecule has 0 bridgehead atoms. The molecule has 0 spiro atoms. The average Bonchev–Trinajstić information content (AvgIpc) is 3.25. The molecule has 2 aromatic rings. The summed E-state index contributed by atoms with van der Waals surface area (Å²) in [6.45, 7) is 4.77. The molecule has 4 heterocycles. The van der Waals surface area contributed by atoms with Gasteiger partial charge < -0.3 is 14.1 Å². The van der Waals surface area contributed by atoms with Crippen molar-refractivity contribution in [2.45, 2.75) is 19.1 Å². The van der Waals surface area contributed by atoms with Gasteiger partial charge in [-0.2, -0.15) is 0 Å². The fourth-order valence-electron chi connectivity index (χ4n) is 3.52. The fraction of sp³-hybridized carbons (Fsp3) is 0.529. The Kier molecular flexibility index (Phi) is 4.64. The largest absolute Gasteiger partial charge is 0.459 e. The number of likely N-dealkylation sites (tertiary alicyclic amines) is 1. The molecule has 2 atom stereocenters. The molecule has 0 saturated carbocycles. The van der Waals surface area contributed by atoms with Crippen LogP contribution in [-0.2, 0) is 11.3 Å². The molecule has 2 aliphatic rings. The third-order valence-electron chi connectivity index (χ3n) is 4.79. The first-order valence-corrected chi connectivity index (χ1v) is 9.22. The van der Waals surface area contributed by atoms with Crippen LogP contribution in [0.25, 0.3) is 0 Å². The van der Waals surface area contributed by atoms with E-state index in [0.717, 1.165) is 37.6 Å². The summed E-state index contributed by atoms with van der Waals surface area (Å²) in [5.74, 6) is 0.767. The van der Waals surface area contributed by atoms with E-state index in [0.29, 0.717) is 24.8 Å². The molecule has 24 heavy (non-hydrogen) atoms. The van der Waals surface area contributed by atoms with Gasteiger partial charge >= 0.3 is 0 Å². The fourth-order valence-corrected chi connectivity index (χ4v) is 4.18. The highest BCUT2D eigenvalue weighted by Crippen LogP contribution is 2.26. The quantitative estimate of drug-likeness (QED) is 0.851. The smallest absolute Gasteiger partial charge is 0.289 e. The molecule has 7 heteroatoms. The molecule has 6 nitrogen and oxygen atoms in total. The van der Waals surface area contributed by atoms with Crippen LogP contribution in [0.15, 0.2) is 34.4 Å². The van der Waals surface area contributed by atoms with Gasteiger partial charge in [0.25, 0.3) is 5.91 Å². The average molecular weight is 347 g/mol.